The molecule has 0 saturated heterocycles. The Morgan fingerprint density at radius 2 is 1.57 bits per heavy atom. The van der Waals surface area contributed by atoms with E-state index in [2.05, 4.69) is 11.6 Å². The molecule has 0 aromatic heterocycles. The molecule has 0 aromatic rings. The standard InChI is InChI=1S/C2ClF2.ClH.Hg/c3-1-2(4)5;;/h;1H;/q;;+1/p-1. The molecule has 2 radical (unpaired) electrons. The summed E-state index contributed by atoms with van der Waals surface area (Å²) in [6.45, 7) is 0. The van der Waals surface area contributed by atoms with Crippen molar-refractivity contribution in [2.75, 3.05) is 0 Å². The molecule has 0 bridgehead atoms. The number of hydrogen-bond acceptors (Lipinski definition) is 0. The van der Waals surface area contributed by atoms with E-state index in [1.807, 2.05) is 0 Å². The van der Waals surface area contributed by atoms with Crippen molar-refractivity contribution < 1.29 is 48.9 Å². The van der Waals surface area contributed by atoms with Crippen LogP contribution in [0.25, 0.3) is 0 Å². The smallest absolute Gasteiger partial charge is 1.00 e. The van der Waals surface area contributed by atoms with Gasteiger partial charge in [0, 0.05) is 0 Å². The van der Waals surface area contributed by atoms with Gasteiger partial charge in [0.05, 0.1) is 0 Å². The van der Waals surface area contributed by atoms with E-state index in [1.165, 1.54) is 0 Å². The van der Waals surface area contributed by atoms with Crippen LogP contribution in [0.1, 0.15) is 0 Å². The first-order valence-corrected chi connectivity index (χ1v) is 1.19. The normalized spacial score (nSPS) is 5.00. The van der Waals surface area contributed by atoms with Crippen LogP contribution in [0.4, 0.5) is 8.78 Å². The van der Waals surface area contributed by atoms with E-state index in [4.69, 9.17) is 0 Å². The largest absolute Gasteiger partial charge is 1.00 e. The Kier molecular flexibility index (Phi) is 22.8. The van der Waals surface area contributed by atoms with Crippen LogP contribution in [0.3, 0.4) is 0 Å². The Balaban J connectivity index is -0.0000000800. The van der Waals surface area contributed by atoms with Gasteiger partial charge < -0.3 is 12.4 Å². The zero-order valence-electron chi connectivity index (χ0n) is 3.22. The van der Waals surface area contributed by atoms with Crippen molar-refractivity contribution in [3.63, 3.8) is 0 Å². The van der Waals surface area contributed by atoms with E-state index >= 15 is 0 Å². The van der Waals surface area contributed by atoms with E-state index in [0.717, 1.165) is 5.54 Å². The number of rotatable bonds is 0. The van der Waals surface area contributed by atoms with Crippen molar-refractivity contribution in [3.8, 4) is 0 Å². The minimum absolute atomic E-state index is 0. The van der Waals surface area contributed by atoms with Gasteiger partial charge in [0.25, 0.3) is 6.08 Å². The quantitative estimate of drug-likeness (QED) is 0.487. The first kappa shape index (κ1) is 15.7. The van der Waals surface area contributed by atoms with E-state index < -0.39 is 6.08 Å². The van der Waals surface area contributed by atoms with Crippen LogP contribution in [0, 0.1) is 5.54 Å². The molecule has 5 heteroatoms. The molecule has 7 heavy (non-hydrogen) atoms. The van der Waals surface area contributed by atoms with E-state index in [-0.39, 0.29) is 40.1 Å². The topological polar surface area (TPSA) is 0 Å². The molecule has 0 heterocycles. The Labute approximate surface area is 71.8 Å². The molecule has 0 aliphatic heterocycles. The average Bonchev–Trinajstić information content (AvgIpc) is 1.38. The van der Waals surface area contributed by atoms with Crippen LogP contribution >= 0.6 is 11.6 Å². The summed E-state index contributed by atoms with van der Waals surface area (Å²) in [5, 5.41) is 0. The van der Waals surface area contributed by atoms with Crippen LogP contribution in [0.2, 0.25) is 0 Å². The van der Waals surface area contributed by atoms with Gasteiger partial charge in [-0.05, 0) is 0 Å². The van der Waals surface area contributed by atoms with Gasteiger partial charge in [0.15, 0.2) is 0 Å². The van der Waals surface area contributed by atoms with Crippen LogP contribution in [0.5, 0.6) is 0 Å². The van der Waals surface area contributed by atoms with Gasteiger partial charge in [-0.2, -0.15) is 8.78 Å². The fourth-order valence-corrected chi connectivity index (χ4v) is 0. The maximum absolute atomic E-state index is 10.4. The van der Waals surface area contributed by atoms with Crippen LogP contribution < -0.4 is 12.4 Å². The summed E-state index contributed by atoms with van der Waals surface area (Å²) in [6, 6.07) is 0. The summed E-state index contributed by atoms with van der Waals surface area (Å²) in [4.78, 5) is 0. The van der Waals surface area contributed by atoms with Crippen molar-refractivity contribution in [2.45, 2.75) is 0 Å². The molecule has 0 rings (SSSR count). The van der Waals surface area contributed by atoms with E-state index in [9.17, 15) is 8.78 Å². The zero-order valence-corrected chi connectivity index (χ0v) is 10.2. The predicted octanol–water partition coefficient (Wildman–Crippen LogP) is -1.23. The van der Waals surface area contributed by atoms with Gasteiger partial charge in [-0.1, -0.05) is 11.6 Å². The van der Waals surface area contributed by atoms with Gasteiger partial charge >= 0.3 is 27.7 Å². The monoisotopic (exact) mass is 334 g/mol. The van der Waals surface area contributed by atoms with Gasteiger partial charge in [0.2, 0.25) is 0 Å². The Hall–Kier alpha value is 1.12. The third-order valence-corrected chi connectivity index (χ3v) is 0.214. The Morgan fingerprint density at radius 3 is 1.57 bits per heavy atom. The van der Waals surface area contributed by atoms with Gasteiger partial charge in [0.1, 0.15) is 5.54 Å². The van der Waals surface area contributed by atoms with Crippen LogP contribution in [-0.2, 0) is 27.7 Å². The molecule has 0 unspecified atom stereocenters. The molecule has 0 nitrogen and oxygen atoms in total. The summed E-state index contributed by atoms with van der Waals surface area (Å²) in [5.74, 6) is 0. The molecule has 0 amide bonds. The molecule has 0 spiro atoms. The molecule has 0 fully saturated rings. The molecular weight excluding hydrogens is 334 g/mol. The second-order valence-corrected chi connectivity index (χ2v) is 0.544. The SMILES string of the molecule is FC(F)=[C]Cl.[Cl-].[Hg+]. The van der Waals surface area contributed by atoms with Gasteiger partial charge in [-0.25, -0.2) is 0 Å². The molecule has 0 aliphatic rings. The molecule has 0 aliphatic carbocycles. The van der Waals surface area contributed by atoms with Gasteiger partial charge in [-0.15, -0.1) is 0 Å². The molecule has 0 saturated carbocycles. The maximum atomic E-state index is 10.4. The van der Waals surface area contributed by atoms with Crippen molar-refractivity contribution in [1.82, 2.24) is 0 Å². The van der Waals surface area contributed by atoms with Crippen molar-refractivity contribution >= 4 is 11.6 Å². The molecule has 0 aromatic carbocycles. The second-order valence-electron chi connectivity index (χ2n) is 0.355. The Morgan fingerprint density at radius 1 is 1.43 bits per heavy atom. The minimum Gasteiger partial charge on any atom is -1.00 e. The fraction of sp³-hybridized carbons (Fsp3) is 0. The van der Waals surface area contributed by atoms with Crippen LogP contribution in [-0.4, -0.2) is 0 Å². The van der Waals surface area contributed by atoms with Crippen molar-refractivity contribution in [3.05, 3.63) is 11.6 Å². The minimum atomic E-state index is -1.98. The number of hydrogen-bond donors (Lipinski definition) is 0. The maximum Gasteiger partial charge on any atom is 1.00 e. The first-order valence-electron chi connectivity index (χ1n) is 0.817. The van der Waals surface area contributed by atoms with Gasteiger partial charge in [-0.3, -0.25) is 0 Å². The second kappa shape index (κ2) is 10.2. The summed E-state index contributed by atoms with van der Waals surface area (Å²) >= 11 is 4.30. The summed E-state index contributed by atoms with van der Waals surface area (Å²) < 4.78 is 20.9. The first-order chi connectivity index (χ1) is 2.27. The third-order valence-electron chi connectivity index (χ3n) is 0.0714. The molecule has 0 N–H and O–H groups in total. The predicted molar refractivity (Wildman–Crippen MR) is 14.8 cm³/mol. The molecular formula is C2Cl2F2Hg. The zero-order chi connectivity index (χ0) is 4.28. The summed E-state index contributed by atoms with van der Waals surface area (Å²) in [7, 11) is 0. The molecule has 0 atom stereocenters. The fourth-order valence-electron chi connectivity index (χ4n) is 0. The average molecular weight is 334 g/mol. The van der Waals surface area contributed by atoms with E-state index in [0.29, 0.717) is 0 Å². The third kappa shape index (κ3) is 19.2. The summed E-state index contributed by atoms with van der Waals surface area (Å²) in [6.07, 6.45) is -1.98. The van der Waals surface area contributed by atoms with Crippen molar-refractivity contribution in [1.29, 1.82) is 0 Å². The molecule has 38 valence electrons. The van der Waals surface area contributed by atoms with Crippen LogP contribution in [0.15, 0.2) is 6.08 Å². The Bertz CT molecular complexity index is 51.7. The van der Waals surface area contributed by atoms with Crippen molar-refractivity contribution in [2.24, 2.45) is 0 Å². The summed E-state index contributed by atoms with van der Waals surface area (Å²) in [5.41, 5.74) is 1.08. The van der Waals surface area contributed by atoms with E-state index in [1.54, 1.807) is 0 Å². The number of halogens is 4.